The number of aliphatic hydroxyl groups excluding tert-OH is 1. The predicted molar refractivity (Wildman–Crippen MR) is 144 cm³/mol. The average molecular weight is 497 g/mol. The lowest BCUT2D eigenvalue weighted by atomic mass is 9.76. The van der Waals surface area contributed by atoms with Gasteiger partial charge in [0.25, 0.3) is 0 Å². The Balaban J connectivity index is 1.30. The number of amides is 2. The smallest absolute Gasteiger partial charge is 0.321 e. The van der Waals surface area contributed by atoms with Gasteiger partial charge in [0.15, 0.2) is 0 Å². The van der Waals surface area contributed by atoms with Crippen molar-refractivity contribution in [3.8, 4) is 17.6 Å². The monoisotopic (exact) mass is 496 g/mol. The molecule has 7 nitrogen and oxygen atoms in total. The number of ether oxygens (including phenoxy) is 1. The molecule has 0 saturated carbocycles. The minimum Gasteiger partial charge on any atom is -0.497 e. The van der Waals surface area contributed by atoms with E-state index in [2.05, 4.69) is 22.1 Å². The van der Waals surface area contributed by atoms with Crippen molar-refractivity contribution in [2.45, 2.75) is 30.8 Å². The van der Waals surface area contributed by atoms with E-state index in [9.17, 15) is 9.90 Å². The summed E-state index contributed by atoms with van der Waals surface area (Å²) in [7, 11) is 1.62. The number of urea groups is 1. The minimum atomic E-state index is -0.113. The highest BCUT2D eigenvalue weighted by atomic mass is 16.5. The molecule has 0 radical (unpaired) electrons. The SMILES string of the molecule is COc1ccc(NC(=O)N2CCCCN3[C@H](CO)[C@H](c4ccc(C#Cc5ccccc5)cn4)[C@@H]3C2)cc1. The molecule has 2 amide bonds. The van der Waals surface area contributed by atoms with Gasteiger partial charge >= 0.3 is 6.03 Å². The van der Waals surface area contributed by atoms with Gasteiger partial charge < -0.3 is 20.1 Å². The molecule has 0 bridgehead atoms. The summed E-state index contributed by atoms with van der Waals surface area (Å²) in [4.78, 5) is 22.1. The van der Waals surface area contributed by atoms with E-state index >= 15 is 0 Å². The predicted octanol–water partition coefficient (Wildman–Crippen LogP) is 3.95. The summed E-state index contributed by atoms with van der Waals surface area (Å²) < 4.78 is 5.21. The van der Waals surface area contributed by atoms with Crippen LogP contribution in [0.3, 0.4) is 0 Å². The van der Waals surface area contributed by atoms with Crippen molar-refractivity contribution in [3.63, 3.8) is 0 Å². The molecule has 3 aromatic rings. The van der Waals surface area contributed by atoms with Crippen LogP contribution < -0.4 is 10.1 Å². The highest BCUT2D eigenvalue weighted by molar-refractivity contribution is 5.89. The van der Waals surface area contributed by atoms with Crippen LogP contribution in [-0.4, -0.2) is 71.4 Å². The molecule has 7 heteroatoms. The van der Waals surface area contributed by atoms with E-state index in [1.165, 1.54) is 0 Å². The summed E-state index contributed by atoms with van der Waals surface area (Å²) in [5.74, 6) is 7.14. The highest BCUT2D eigenvalue weighted by Crippen LogP contribution is 2.41. The second kappa shape index (κ2) is 11.5. The van der Waals surface area contributed by atoms with Crippen molar-refractivity contribution in [1.29, 1.82) is 0 Å². The van der Waals surface area contributed by atoms with Crippen molar-refractivity contribution in [3.05, 3.63) is 89.7 Å². The van der Waals surface area contributed by atoms with Crippen LogP contribution in [-0.2, 0) is 0 Å². The van der Waals surface area contributed by atoms with Crippen LogP contribution in [0.25, 0.3) is 0 Å². The van der Waals surface area contributed by atoms with Gasteiger partial charge in [-0.1, -0.05) is 30.0 Å². The number of hydrogen-bond donors (Lipinski definition) is 2. The molecule has 2 saturated heterocycles. The van der Waals surface area contributed by atoms with E-state index in [-0.39, 0.29) is 30.6 Å². The maximum Gasteiger partial charge on any atom is 0.321 e. The third-order valence-electron chi connectivity index (χ3n) is 7.25. The van der Waals surface area contributed by atoms with Gasteiger partial charge in [-0.3, -0.25) is 9.88 Å². The van der Waals surface area contributed by atoms with Crippen LogP contribution in [0.5, 0.6) is 5.75 Å². The Kier molecular flexibility index (Phi) is 7.69. The van der Waals surface area contributed by atoms with Gasteiger partial charge in [-0.25, -0.2) is 4.79 Å². The lowest BCUT2D eigenvalue weighted by molar-refractivity contribution is -0.0599. The maximum atomic E-state index is 13.2. The molecule has 3 heterocycles. The summed E-state index contributed by atoms with van der Waals surface area (Å²) in [5, 5.41) is 13.2. The summed E-state index contributed by atoms with van der Waals surface area (Å²) in [6.07, 6.45) is 3.71. The maximum absolute atomic E-state index is 13.2. The molecule has 0 unspecified atom stereocenters. The number of aliphatic hydroxyl groups is 1. The summed E-state index contributed by atoms with van der Waals surface area (Å²) in [6.45, 7) is 2.27. The molecule has 37 heavy (non-hydrogen) atoms. The molecule has 3 atom stereocenters. The van der Waals surface area contributed by atoms with Crippen molar-refractivity contribution < 1.29 is 14.6 Å². The molecular weight excluding hydrogens is 464 g/mol. The van der Waals surface area contributed by atoms with Gasteiger partial charge in [-0.05, 0) is 67.9 Å². The zero-order valence-corrected chi connectivity index (χ0v) is 21.0. The fraction of sp³-hybridized carbons (Fsp3) is 0.333. The number of pyridine rings is 1. The van der Waals surface area contributed by atoms with E-state index in [1.54, 1.807) is 13.3 Å². The van der Waals surface area contributed by atoms with Crippen LogP contribution in [0.2, 0.25) is 0 Å². The Labute approximate surface area is 218 Å². The molecule has 2 N–H and O–H groups in total. The largest absolute Gasteiger partial charge is 0.497 e. The number of anilines is 1. The van der Waals surface area contributed by atoms with Gasteiger partial charge in [0.05, 0.1) is 13.7 Å². The Morgan fingerprint density at radius 2 is 1.78 bits per heavy atom. The first-order chi connectivity index (χ1) is 18.2. The number of nitrogens with zero attached hydrogens (tertiary/aromatic N) is 3. The second-order valence-corrected chi connectivity index (χ2v) is 9.48. The summed E-state index contributed by atoms with van der Waals surface area (Å²) in [5.41, 5.74) is 3.48. The summed E-state index contributed by atoms with van der Waals surface area (Å²) >= 11 is 0. The fourth-order valence-corrected chi connectivity index (χ4v) is 5.29. The average Bonchev–Trinajstić information content (AvgIpc) is 2.92. The van der Waals surface area contributed by atoms with Crippen LogP contribution in [0.1, 0.15) is 35.6 Å². The van der Waals surface area contributed by atoms with E-state index < -0.39 is 0 Å². The molecule has 1 aromatic heterocycles. The topological polar surface area (TPSA) is 77.9 Å². The fourth-order valence-electron chi connectivity index (χ4n) is 5.29. The zero-order valence-electron chi connectivity index (χ0n) is 21.0. The van der Waals surface area contributed by atoms with Gasteiger partial charge in [0, 0.05) is 59.8 Å². The second-order valence-electron chi connectivity index (χ2n) is 9.48. The Bertz CT molecular complexity index is 1250. The Hall–Kier alpha value is -3.86. The lowest BCUT2D eigenvalue weighted by Gasteiger charge is -2.56. The van der Waals surface area contributed by atoms with Gasteiger partial charge in [-0.15, -0.1) is 0 Å². The number of carbonyl (C=O) groups is 1. The van der Waals surface area contributed by atoms with Crippen molar-refractivity contribution in [2.75, 3.05) is 38.7 Å². The standard InChI is InChI=1S/C30H32N4O3/c1-37-25-14-12-24(13-15-25)32-30(36)33-17-5-6-18-34-27(20-33)29(28(34)21-35)26-16-11-23(19-31-26)10-9-22-7-3-2-4-8-22/h2-4,7-8,11-16,19,27-29,35H,5-6,17-18,20-21H2,1H3,(H,32,36)/t27-,28+,29+/m0/s1. The van der Waals surface area contributed by atoms with Crippen molar-refractivity contribution >= 4 is 11.7 Å². The number of methoxy groups -OCH3 is 1. The van der Waals surface area contributed by atoms with Crippen molar-refractivity contribution in [2.24, 2.45) is 0 Å². The number of carbonyl (C=O) groups excluding carboxylic acids is 1. The Morgan fingerprint density at radius 3 is 2.49 bits per heavy atom. The quantitative estimate of drug-likeness (QED) is 0.535. The Morgan fingerprint density at radius 1 is 1.03 bits per heavy atom. The third-order valence-corrected chi connectivity index (χ3v) is 7.25. The van der Waals surface area contributed by atoms with Crippen LogP contribution >= 0.6 is 0 Å². The first-order valence-electron chi connectivity index (χ1n) is 12.8. The number of hydrogen-bond acceptors (Lipinski definition) is 5. The lowest BCUT2D eigenvalue weighted by Crippen LogP contribution is -2.68. The summed E-state index contributed by atoms with van der Waals surface area (Å²) in [6, 6.07) is 21.2. The molecule has 2 aliphatic rings. The van der Waals surface area contributed by atoms with E-state index in [0.717, 1.165) is 47.6 Å². The van der Waals surface area contributed by atoms with Crippen LogP contribution in [0.4, 0.5) is 10.5 Å². The molecule has 0 aliphatic carbocycles. The normalized spacial score (nSPS) is 21.4. The molecule has 0 spiro atoms. The number of benzene rings is 2. The molecule has 190 valence electrons. The van der Waals surface area contributed by atoms with Gasteiger partial charge in [-0.2, -0.15) is 0 Å². The van der Waals surface area contributed by atoms with Crippen LogP contribution in [0, 0.1) is 11.8 Å². The van der Waals surface area contributed by atoms with Crippen molar-refractivity contribution in [1.82, 2.24) is 14.8 Å². The first-order valence-corrected chi connectivity index (χ1v) is 12.8. The first kappa shape index (κ1) is 24.8. The zero-order chi connectivity index (χ0) is 25.6. The highest BCUT2D eigenvalue weighted by Gasteiger charge is 2.50. The number of fused-ring (bicyclic) bond motifs is 1. The van der Waals surface area contributed by atoms with E-state index in [1.807, 2.05) is 71.6 Å². The molecule has 2 fully saturated rings. The van der Waals surface area contributed by atoms with E-state index in [0.29, 0.717) is 13.1 Å². The third kappa shape index (κ3) is 5.61. The van der Waals surface area contributed by atoms with Crippen LogP contribution in [0.15, 0.2) is 72.9 Å². The number of rotatable bonds is 4. The van der Waals surface area contributed by atoms with Gasteiger partial charge in [0.2, 0.25) is 0 Å². The van der Waals surface area contributed by atoms with E-state index in [4.69, 9.17) is 9.72 Å². The number of aromatic nitrogens is 1. The van der Waals surface area contributed by atoms with Gasteiger partial charge in [0.1, 0.15) is 5.75 Å². The minimum absolute atomic E-state index is 0.00310. The number of nitrogens with one attached hydrogen (secondary N) is 1. The molecular formula is C30H32N4O3. The molecule has 2 aromatic carbocycles. The molecule has 2 aliphatic heterocycles. The molecule has 5 rings (SSSR count).